The molecule has 0 fully saturated rings. The Morgan fingerprint density at radius 1 is 1.32 bits per heavy atom. The number of nitrogens with one attached hydrogen (secondary N) is 1. The van der Waals surface area contributed by atoms with Crippen LogP contribution in [-0.4, -0.2) is 18.2 Å². The van der Waals surface area contributed by atoms with Crippen molar-refractivity contribution in [2.45, 2.75) is 52.7 Å². The Kier molecular flexibility index (Phi) is 5.38. The van der Waals surface area contributed by atoms with Crippen molar-refractivity contribution in [3.8, 4) is 11.8 Å². The van der Waals surface area contributed by atoms with E-state index in [-0.39, 0.29) is 6.10 Å². The molecule has 0 aliphatic rings. The van der Waals surface area contributed by atoms with Crippen LogP contribution in [0.2, 0.25) is 0 Å². The molecule has 0 saturated carbocycles. The minimum Gasteiger partial charge on any atom is -0.491 e. The minimum atomic E-state index is -0.535. The molecule has 1 rings (SSSR count). The van der Waals surface area contributed by atoms with Crippen LogP contribution >= 0.6 is 0 Å². The van der Waals surface area contributed by atoms with Crippen LogP contribution in [0.3, 0.4) is 0 Å². The summed E-state index contributed by atoms with van der Waals surface area (Å²) in [4.78, 5) is 0. The second-order valence-corrected chi connectivity index (χ2v) is 5.43. The van der Waals surface area contributed by atoms with Gasteiger partial charge in [-0.1, -0.05) is 13.0 Å². The van der Waals surface area contributed by atoms with E-state index in [1.54, 1.807) is 0 Å². The van der Waals surface area contributed by atoms with Crippen LogP contribution in [0.4, 0.5) is 0 Å². The van der Waals surface area contributed by atoms with Gasteiger partial charge in [0.2, 0.25) is 0 Å². The third-order valence-corrected chi connectivity index (χ3v) is 3.04. The Morgan fingerprint density at radius 3 is 2.37 bits per heavy atom. The maximum Gasteiger partial charge on any atom is 0.120 e. The topological polar surface area (TPSA) is 45.0 Å². The predicted molar refractivity (Wildman–Crippen MR) is 78.3 cm³/mol. The van der Waals surface area contributed by atoms with Crippen molar-refractivity contribution in [1.82, 2.24) is 5.32 Å². The average molecular weight is 260 g/mol. The van der Waals surface area contributed by atoms with Crippen LogP contribution in [0.1, 0.15) is 38.3 Å². The quantitative estimate of drug-likeness (QED) is 0.853. The summed E-state index contributed by atoms with van der Waals surface area (Å²) in [5.74, 6) is 0.877. The Labute approximate surface area is 116 Å². The van der Waals surface area contributed by atoms with E-state index >= 15 is 0 Å². The first-order chi connectivity index (χ1) is 8.88. The van der Waals surface area contributed by atoms with Crippen molar-refractivity contribution in [3.05, 3.63) is 29.3 Å². The Hall–Kier alpha value is -1.53. The monoisotopic (exact) mass is 260 g/mol. The highest BCUT2D eigenvalue weighted by atomic mass is 16.5. The second kappa shape index (κ2) is 6.58. The van der Waals surface area contributed by atoms with Crippen molar-refractivity contribution in [2.24, 2.45) is 0 Å². The highest BCUT2D eigenvalue weighted by Gasteiger charge is 2.26. The zero-order valence-corrected chi connectivity index (χ0v) is 12.6. The van der Waals surface area contributed by atoms with Crippen molar-refractivity contribution in [3.63, 3.8) is 0 Å². The number of aryl methyl sites for hydroxylation is 2. The molecule has 2 unspecified atom stereocenters. The van der Waals surface area contributed by atoms with Gasteiger partial charge in [-0.25, -0.2) is 0 Å². The van der Waals surface area contributed by atoms with E-state index in [1.807, 2.05) is 32.9 Å². The van der Waals surface area contributed by atoms with Gasteiger partial charge in [0.25, 0.3) is 0 Å². The molecule has 104 valence electrons. The molecular weight excluding hydrogens is 236 g/mol. The highest BCUT2D eigenvalue weighted by Crippen LogP contribution is 2.21. The summed E-state index contributed by atoms with van der Waals surface area (Å²) in [6, 6.07) is 8.50. The fourth-order valence-electron chi connectivity index (χ4n) is 2.40. The lowest BCUT2D eigenvalue weighted by Crippen LogP contribution is -2.44. The lowest BCUT2D eigenvalue weighted by Gasteiger charge is -2.26. The third kappa shape index (κ3) is 4.92. The van der Waals surface area contributed by atoms with Gasteiger partial charge in [0.15, 0.2) is 0 Å². The zero-order chi connectivity index (χ0) is 14.5. The predicted octanol–water partition coefficient (Wildman–Crippen LogP) is 3.35. The van der Waals surface area contributed by atoms with Gasteiger partial charge in [-0.05, 0) is 57.5 Å². The standard InChI is InChI=1S/C16H24N2O/c1-6-18-16(5,11-17)10-14(4)19-15-8-12(2)7-13(3)9-15/h7-9,14,18H,6,10H2,1-5H3. The third-order valence-electron chi connectivity index (χ3n) is 3.04. The van der Waals surface area contributed by atoms with Gasteiger partial charge in [-0.2, -0.15) is 5.26 Å². The Morgan fingerprint density at radius 2 is 1.89 bits per heavy atom. The van der Waals surface area contributed by atoms with E-state index in [0.717, 1.165) is 12.3 Å². The molecule has 0 saturated heterocycles. The summed E-state index contributed by atoms with van der Waals surface area (Å²) in [6.45, 7) is 10.8. The van der Waals surface area contributed by atoms with Gasteiger partial charge in [0.05, 0.1) is 12.2 Å². The Balaban J connectivity index is 2.69. The molecule has 2 atom stereocenters. The first-order valence-corrected chi connectivity index (χ1v) is 6.80. The van der Waals surface area contributed by atoms with Gasteiger partial charge in [-0.3, -0.25) is 5.32 Å². The number of hydrogen-bond donors (Lipinski definition) is 1. The molecule has 0 bridgehead atoms. The maximum absolute atomic E-state index is 9.25. The van der Waals surface area contributed by atoms with Crippen LogP contribution in [0.15, 0.2) is 18.2 Å². The molecule has 1 aromatic carbocycles. The van der Waals surface area contributed by atoms with Crippen LogP contribution in [0.5, 0.6) is 5.75 Å². The van der Waals surface area contributed by atoms with Crippen molar-refractivity contribution in [1.29, 1.82) is 5.26 Å². The van der Waals surface area contributed by atoms with Gasteiger partial charge in [-0.15, -0.1) is 0 Å². The van der Waals surface area contributed by atoms with Crippen LogP contribution < -0.4 is 10.1 Å². The number of nitrogens with zero attached hydrogens (tertiary/aromatic N) is 1. The van der Waals surface area contributed by atoms with E-state index in [0.29, 0.717) is 6.42 Å². The summed E-state index contributed by atoms with van der Waals surface area (Å²) >= 11 is 0. The summed E-state index contributed by atoms with van der Waals surface area (Å²) in [6.07, 6.45) is 0.648. The molecule has 1 N–H and O–H groups in total. The molecular formula is C16H24N2O. The molecule has 19 heavy (non-hydrogen) atoms. The number of ether oxygens (including phenoxy) is 1. The molecule has 0 aliphatic heterocycles. The lowest BCUT2D eigenvalue weighted by atomic mass is 9.96. The molecule has 1 aromatic rings. The first-order valence-electron chi connectivity index (χ1n) is 6.80. The first kappa shape index (κ1) is 15.5. The number of nitriles is 1. The van der Waals surface area contributed by atoms with Crippen LogP contribution in [-0.2, 0) is 0 Å². The van der Waals surface area contributed by atoms with E-state index in [9.17, 15) is 5.26 Å². The fraction of sp³-hybridized carbons (Fsp3) is 0.562. The summed E-state index contributed by atoms with van der Waals surface area (Å²) in [7, 11) is 0. The van der Waals surface area contributed by atoms with Gasteiger partial charge in [0.1, 0.15) is 11.3 Å². The summed E-state index contributed by atoms with van der Waals surface area (Å²) < 4.78 is 5.93. The molecule has 0 amide bonds. The number of benzene rings is 1. The molecule has 0 radical (unpaired) electrons. The molecule has 0 spiro atoms. The highest BCUT2D eigenvalue weighted by molar-refractivity contribution is 5.33. The van der Waals surface area contributed by atoms with Gasteiger partial charge in [0, 0.05) is 6.42 Å². The SMILES string of the molecule is CCNC(C)(C#N)CC(C)Oc1cc(C)cc(C)c1. The minimum absolute atomic E-state index is 0.00935. The molecule has 3 nitrogen and oxygen atoms in total. The molecule has 0 aliphatic carbocycles. The second-order valence-electron chi connectivity index (χ2n) is 5.43. The normalized spacial score (nSPS) is 15.4. The number of hydrogen-bond acceptors (Lipinski definition) is 3. The average Bonchev–Trinajstić information content (AvgIpc) is 2.27. The maximum atomic E-state index is 9.25. The largest absolute Gasteiger partial charge is 0.491 e. The fourth-order valence-corrected chi connectivity index (χ4v) is 2.40. The van der Waals surface area contributed by atoms with E-state index in [1.165, 1.54) is 11.1 Å². The van der Waals surface area contributed by atoms with E-state index in [4.69, 9.17) is 4.74 Å². The van der Waals surface area contributed by atoms with E-state index < -0.39 is 5.54 Å². The molecule has 0 heterocycles. The van der Waals surface area contributed by atoms with Crippen molar-refractivity contribution < 1.29 is 4.74 Å². The molecule has 0 aromatic heterocycles. The number of rotatable bonds is 6. The van der Waals surface area contributed by atoms with Crippen molar-refractivity contribution >= 4 is 0 Å². The van der Waals surface area contributed by atoms with E-state index in [2.05, 4.69) is 31.3 Å². The van der Waals surface area contributed by atoms with Crippen LogP contribution in [0.25, 0.3) is 0 Å². The van der Waals surface area contributed by atoms with Crippen LogP contribution in [0, 0.1) is 25.2 Å². The van der Waals surface area contributed by atoms with Gasteiger partial charge < -0.3 is 4.74 Å². The lowest BCUT2D eigenvalue weighted by molar-refractivity contribution is 0.180. The Bertz CT molecular complexity index is 444. The smallest absolute Gasteiger partial charge is 0.120 e. The van der Waals surface area contributed by atoms with Crippen molar-refractivity contribution in [2.75, 3.05) is 6.54 Å². The van der Waals surface area contributed by atoms with Gasteiger partial charge >= 0.3 is 0 Å². The molecule has 3 heteroatoms. The summed E-state index contributed by atoms with van der Waals surface area (Å²) in [5, 5.41) is 12.5. The summed E-state index contributed by atoms with van der Waals surface area (Å²) in [5.41, 5.74) is 1.85. The zero-order valence-electron chi connectivity index (χ0n) is 12.6.